The molecule has 0 saturated heterocycles. The molecule has 3 aromatic rings. The van der Waals surface area contributed by atoms with Gasteiger partial charge in [-0.05, 0) is 29.8 Å². The second-order valence-corrected chi connectivity index (χ2v) is 6.54. The Kier molecular flexibility index (Phi) is 4.90. The monoisotopic (exact) mass is 392 g/mol. The Morgan fingerprint density at radius 3 is 2.79 bits per heavy atom. The zero-order valence-electron chi connectivity index (χ0n) is 16.0. The number of ether oxygens (including phenoxy) is 2. The Balaban J connectivity index is 1.55. The predicted octanol–water partition coefficient (Wildman–Crippen LogP) is 3.09. The summed E-state index contributed by atoms with van der Waals surface area (Å²) < 4.78 is 12.1. The minimum absolute atomic E-state index is 0.0455. The molecule has 4 rings (SSSR count). The fraction of sp³-hybridized carbons (Fsp3) is 0.190. The number of nitrogens with zero attached hydrogens (tertiary/aromatic N) is 2. The lowest BCUT2D eigenvalue weighted by atomic mass is 10.1. The van der Waals surface area contributed by atoms with Gasteiger partial charge in [0.1, 0.15) is 23.4 Å². The van der Waals surface area contributed by atoms with Crippen molar-refractivity contribution in [2.24, 2.45) is 0 Å². The SMILES string of the molecule is COc1cccc(-c2cnn3c2NC(=O)C3CC(=O)Nc2ccccc2OC)c1. The van der Waals surface area contributed by atoms with Gasteiger partial charge in [0, 0.05) is 5.56 Å². The average molecular weight is 392 g/mol. The van der Waals surface area contributed by atoms with Crippen molar-refractivity contribution in [1.29, 1.82) is 0 Å². The van der Waals surface area contributed by atoms with Gasteiger partial charge in [0.15, 0.2) is 0 Å². The molecule has 0 aliphatic carbocycles. The van der Waals surface area contributed by atoms with Crippen LogP contribution >= 0.6 is 0 Å². The van der Waals surface area contributed by atoms with Crippen molar-refractivity contribution < 1.29 is 19.1 Å². The lowest BCUT2D eigenvalue weighted by Gasteiger charge is -2.12. The number of aromatic nitrogens is 2. The highest BCUT2D eigenvalue weighted by atomic mass is 16.5. The number of carbonyl (C=O) groups excluding carboxylic acids is 2. The molecule has 0 spiro atoms. The summed E-state index contributed by atoms with van der Waals surface area (Å²) in [4.78, 5) is 25.1. The number of anilines is 2. The molecule has 29 heavy (non-hydrogen) atoms. The fourth-order valence-corrected chi connectivity index (χ4v) is 3.34. The van der Waals surface area contributed by atoms with Crippen LogP contribution in [0.5, 0.6) is 11.5 Å². The topological polar surface area (TPSA) is 94.5 Å². The van der Waals surface area contributed by atoms with Crippen molar-refractivity contribution in [2.75, 3.05) is 24.9 Å². The Hall–Kier alpha value is -3.81. The second kappa shape index (κ2) is 7.67. The number of benzene rings is 2. The maximum absolute atomic E-state index is 12.5. The summed E-state index contributed by atoms with van der Waals surface area (Å²) in [7, 11) is 3.13. The van der Waals surface area contributed by atoms with E-state index < -0.39 is 6.04 Å². The maximum Gasteiger partial charge on any atom is 0.251 e. The highest BCUT2D eigenvalue weighted by molar-refractivity contribution is 6.04. The van der Waals surface area contributed by atoms with Crippen molar-refractivity contribution in [3.63, 3.8) is 0 Å². The molecule has 2 amide bonds. The lowest BCUT2D eigenvalue weighted by Crippen LogP contribution is -2.23. The van der Waals surface area contributed by atoms with Crippen LogP contribution in [0, 0.1) is 0 Å². The fourth-order valence-electron chi connectivity index (χ4n) is 3.34. The van der Waals surface area contributed by atoms with Crippen LogP contribution in [-0.4, -0.2) is 35.8 Å². The van der Waals surface area contributed by atoms with Gasteiger partial charge in [0.05, 0.1) is 32.5 Å². The van der Waals surface area contributed by atoms with Crippen LogP contribution < -0.4 is 20.1 Å². The molecular weight excluding hydrogens is 372 g/mol. The molecule has 1 unspecified atom stereocenters. The van der Waals surface area contributed by atoms with Crippen LogP contribution in [0.1, 0.15) is 12.5 Å². The highest BCUT2D eigenvalue weighted by Crippen LogP contribution is 2.37. The van der Waals surface area contributed by atoms with Gasteiger partial charge in [-0.1, -0.05) is 24.3 Å². The third kappa shape index (κ3) is 3.52. The number of rotatable bonds is 6. The molecule has 0 fully saturated rings. The van der Waals surface area contributed by atoms with E-state index in [-0.39, 0.29) is 18.2 Å². The van der Waals surface area contributed by atoms with Crippen LogP contribution in [-0.2, 0) is 9.59 Å². The van der Waals surface area contributed by atoms with E-state index in [1.54, 1.807) is 36.2 Å². The van der Waals surface area contributed by atoms with Crippen molar-refractivity contribution in [3.05, 3.63) is 54.7 Å². The van der Waals surface area contributed by atoms with E-state index in [4.69, 9.17) is 9.47 Å². The standard InChI is InChI=1S/C21H20N4O4/c1-28-14-7-5-6-13(10-14)15-12-22-25-17(21(27)24-20(15)25)11-19(26)23-16-8-3-4-9-18(16)29-2/h3-10,12,17H,11H2,1-2H3,(H,23,26)(H,24,27). The molecule has 0 bridgehead atoms. The van der Waals surface area contributed by atoms with E-state index in [9.17, 15) is 9.59 Å². The van der Waals surface area contributed by atoms with Gasteiger partial charge in [-0.2, -0.15) is 5.10 Å². The van der Waals surface area contributed by atoms with Crippen molar-refractivity contribution in [2.45, 2.75) is 12.5 Å². The molecule has 2 N–H and O–H groups in total. The van der Waals surface area contributed by atoms with Crippen molar-refractivity contribution in [1.82, 2.24) is 9.78 Å². The predicted molar refractivity (Wildman–Crippen MR) is 108 cm³/mol. The van der Waals surface area contributed by atoms with Gasteiger partial charge in [-0.15, -0.1) is 0 Å². The Morgan fingerprint density at radius 1 is 1.17 bits per heavy atom. The first-order chi connectivity index (χ1) is 14.1. The van der Waals surface area contributed by atoms with Crippen LogP contribution in [0.4, 0.5) is 11.5 Å². The largest absolute Gasteiger partial charge is 0.497 e. The molecule has 1 aliphatic rings. The molecule has 1 aromatic heterocycles. The third-order valence-electron chi connectivity index (χ3n) is 4.78. The van der Waals surface area contributed by atoms with Crippen LogP contribution in [0.15, 0.2) is 54.7 Å². The van der Waals surface area contributed by atoms with Gasteiger partial charge in [-0.3, -0.25) is 9.59 Å². The molecule has 8 nitrogen and oxygen atoms in total. The molecule has 1 aliphatic heterocycles. The van der Waals surface area contributed by atoms with E-state index in [1.165, 1.54) is 7.11 Å². The van der Waals surface area contributed by atoms with E-state index in [0.29, 0.717) is 23.0 Å². The minimum Gasteiger partial charge on any atom is -0.497 e. The van der Waals surface area contributed by atoms with Gasteiger partial charge < -0.3 is 20.1 Å². The van der Waals surface area contributed by atoms with Gasteiger partial charge >= 0.3 is 0 Å². The second-order valence-electron chi connectivity index (χ2n) is 6.54. The quantitative estimate of drug-likeness (QED) is 0.672. The number of methoxy groups -OCH3 is 2. The number of hydrogen-bond donors (Lipinski definition) is 2. The summed E-state index contributed by atoms with van der Waals surface area (Å²) in [5.74, 6) is 1.25. The van der Waals surface area contributed by atoms with Crippen molar-refractivity contribution in [3.8, 4) is 22.6 Å². The Labute approximate surface area is 167 Å². The summed E-state index contributed by atoms with van der Waals surface area (Å²) in [6.07, 6.45) is 1.63. The van der Waals surface area contributed by atoms with E-state index in [2.05, 4.69) is 15.7 Å². The molecule has 1 atom stereocenters. The molecular formula is C21H20N4O4. The molecule has 148 valence electrons. The number of hydrogen-bond acceptors (Lipinski definition) is 5. The van der Waals surface area contributed by atoms with E-state index in [0.717, 1.165) is 11.1 Å². The summed E-state index contributed by atoms with van der Waals surface area (Å²) in [6.45, 7) is 0. The molecule has 2 aromatic carbocycles. The smallest absolute Gasteiger partial charge is 0.251 e. The maximum atomic E-state index is 12.5. The number of fused-ring (bicyclic) bond motifs is 1. The third-order valence-corrected chi connectivity index (χ3v) is 4.78. The first-order valence-electron chi connectivity index (χ1n) is 9.06. The average Bonchev–Trinajstić information content (AvgIpc) is 3.28. The number of carbonyl (C=O) groups is 2. The van der Waals surface area contributed by atoms with Crippen LogP contribution in [0.3, 0.4) is 0 Å². The van der Waals surface area contributed by atoms with E-state index in [1.807, 2.05) is 30.3 Å². The van der Waals surface area contributed by atoms with Crippen molar-refractivity contribution >= 4 is 23.3 Å². The molecule has 2 heterocycles. The molecule has 0 saturated carbocycles. The Morgan fingerprint density at radius 2 is 2.00 bits per heavy atom. The summed E-state index contributed by atoms with van der Waals surface area (Å²) >= 11 is 0. The van der Waals surface area contributed by atoms with Gasteiger partial charge in [0.2, 0.25) is 5.91 Å². The number of amides is 2. The minimum atomic E-state index is -0.723. The zero-order valence-corrected chi connectivity index (χ0v) is 16.0. The highest BCUT2D eigenvalue weighted by Gasteiger charge is 2.35. The van der Waals surface area contributed by atoms with E-state index >= 15 is 0 Å². The van der Waals surface area contributed by atoms with Crippen LogP contribution in [0.2, 0.25) is 0 Å². The summed E-state index contributed by atoms with van der Waals surface area (Å²) in [5.41, 5.74) is 2.19. The molecule has 8 heteroatoms. The number of para-hydroxylation sites is 2. The Bertz CT molecular complexity index is 1080. The molecule has 0 radical (unpaired) electrons. The summed E-state index contributed by atoms with van der Waals surface area (Å²) in [6, 6.07) is 13.9. The van der Waals surface area contributed by atoms with Gasteiger partial charge in [-0.25, -0.2) is 4.68 Å². The zero-order chi connectivity index (χ0) is 20.4. The normalized spacial score (nSPS) is 14.8. The van der Waals surface area contributed by atoms with Gasteiger partial charge in [0.25, 0.3) is 5.91 Å². The number of nitrogens with one attached hydrogen (secondary N) is 2. The first-order valence-corrected chi connectivity index (χ1v) is 9.06. The lowest BCUT2D eigenvalue weighted by molar-refractivity contribution is -0.123. The first kappa shape index (κ1) is 18.5. The summed E-state index contributed by atoms with van der Waals surface area (Å²) in [5, 5.41) is 9.97. The van der Waals surface area contributed by atoms with Crippen LogP contribution in [0.25, 0.3) is 11.1 Å².